The molecule has 1 N–H and O–H groups in total. The fourth-order valence-corrected chi connectivity index (χ4v) is 3.14. The maximum absolute atomic E-state index is 12.5. The minimum absolute atomic E-state index is 0.0305. The molecule has 1 aromatic heterocycles. The average molecular weight is 336 g/mol. The Balaban J connectivity index is 1.71. The number of hydrogen-bond donors (Lipinski definition) is 1. The number of amides is 1. The van der Waals surface area contributed by atoms with Crippen molar-refractivity contribution in [2.75, 3.05) is 17.2 Å². The van der Waals surface area contributed by atoms with Gasteiger partial charge in [0.1, 0.15) is 6.54 Å². The SMILES string of the molecule is Cc1ccc2nc(SCC(=O)N(CC#N)c3ccccc3)[nH]c2c1. The summed E-state index contributed by atoms with van der Waals surface area (Å²) in [5, 5.41) is 9.69. The number of para-hydroxylation sites is 1. The van der Waals surface area contributed by atoms with Gasteiger partial charge in [-0.15, -0.1) is 0 Å². The molecular weight excluding hydrogens is 320 g/mol. The molecule has 3 aromatic rings. The Morgan fingerprint density at radius 1 is 1.29 bits per heavy atom. The van der Waals surface area contributed by atoms with E-state index in [1.807, 2.05) is 61.5 Å². The van der Waals surface area contributed by atoms with Crippen molar-refractivity contribution in [2.24, 2.45) is 0 Å². The molecule has 0 saturated carbocycles. The summed E-state index contributed by atoms with van der Waals surface area (Å²) in [5.41, 5.74) is 3.72. The number of aromatic nitrogens is 2. The third-order valence-electron chi connectivity index (χ3n) is 3.55. The number of anilines is 1. The van der Waals surface area contributed by atoms with Gasteiger partial charge in [0, 0.05) is 5.69 Å². The Labute approximate surface area is 144 Å². The second-order valence-electron chi connectivity index (χ2n) is 5.32. The molecule has 0 aliphatic carbocycles. The van der Waals surface area contributed by atoms with E-state index in [1.54, 1.807) is 0 Å². The Kier molecular flexibility index (Phi) is 4.82. The first-order chi connectivity index (χ1) is 11.7. The minimum atomic E-state index is -0.121. The highest BCUT2D eigenvalue weighted by atomic mass is 32.2. The molecule has 0 aliphatic heterocycles. The highest BCUT2D eigenvalue weighted by Gasteiger charge is 2.16. The molecule has 1 amide bonds. The van der Waals surface area contributed by atoms with Crippen molar-refractivity contribution >= 4 is 34.4 Å². The second kappa shape index (κ2) is 7.20. The summed E-state index contributed by atoms with van der Waals surface area (Å²) >= 11 is 1.34. The number of fused-ring (bicyclic) bond motifs is 1. The summed E-state index contributed by atoms with van der Waals surface area (Å²) in [5.74, 6) is 0.0967. The lowest BCUT2D eigenvalue weighted by Gasteiger charge is -2.19. The maximum Gasteiger partial charge on any atom is 0.238 e. The van der Waals surface area contributed by atoms with Gasteiger partial charge in [0.05, 0.1) is 22.9 Å². The van der Waals surface area contributed by atoms with E-state index in [2.05, 4.69) is 9.97 Å². The van der Waals surface area contributed by atoms with Crippen molar-refractivity contribution in [3.8, 4) is 6.07 Å². The van der Waals surface area contributed by atoms with Crippen LogP contribution in [0.5, 0.6) is 0 Å². The molecular formula is C18H16N4OS. The average Bonchev–Trinajstić information content (AvgIpc) is 3.00. The number of rotatable bonds is 5. The number of carbonyl (C=O) groups excluding carboxylic acids is 1. The van der Waals surface area contributed by atoms with Gasteiger partial charge >= 0.3 is 0 Å². The molecule has 6 heteroatoms. The van der Waals surface area contributed by atoms with Crippen LogP contribution in [0.4, 0.5) is 5.69 Å². The zero-order chi connectivity index (χ0) is 16.9. The van der Waals surface area contributed by atoms with Gasteiger partial charge in [0.25, 0.3) is 0 Å². The molecule has 24 heavy (non-hydrogen) atoms. The number of benzene rings is 2. The smallest absolute Gasteiger partial charge is 0.238 e. The minimum Gasteiger partial charge on any atom is -0.333 e. The van der Waals surface area contributed by atoms with Crippen LogP contribution in [0.25, 0.3) is 11.0 Å². The number of aromatic amines is 1. The number of nitrogens with zero attached hydrogens (tertiary/aromatic N) is 3. The van der Waals surface area contributed by atoms with Gasteiger partial charge < -0.3 is 4.98 Å². The topological polar surface area (TPSA) is 72.8 Å². The predicted molar refractivity (Wildman–Crippen MR) is 96.0 cm³/mol. The monoisotopic (exact) mass is 336 g/mol. The fraction of sp³-hybridized carbons (Fsp3) is 0.167. The zero-order valence-corrected chi connectivity index (χ0v) is 14.0. The Hall–Kier alpha value is -2.78. The van der Waals surface area contributed by atoms with Crippen molar-refractivity contribution in [2.45, 2.75) is 12.1 Å². The van der Waals surface area contributed by atoms with E-state index in [1.165, 1.54) is 16.7 Å². The Morgan fingerprint density at radius 3 is 2.83 bits per heavy atom. The van der Waals surface area contributed by atoms with Crippen LogP contribution < -0.4 is 4.90 Å². The van der Waals surface area contributed by atoms with Crippen molar-refractivity contribution < 1.29 is 4.79 Å². The first-order valence-electron chi connectivity index (χ1n) is 7.49. The number of hydrogen-bond acceptors (Lipinski definition) is 4. The van der Waals surface area contributed by atoms with Gasteiger partial charge in [-0.3, -0.25) is 9.69 Å². The molecule has 0 atom stereocenters. The molecule has 0 aliphatic rings. The van der Waals surface area contributed by atoms with Crippen molar-refractivity contribution in [1.82, 2.24) is 9.97 Å². The normalized spacial score (nSPS) is 10.5. The van der Waals surface area contributed by atoms with E-state index in [4.69, 9.17) is 5.26 Å². The van der Waals surface area contributed by atoms with Crippen molar-refractivity contribution in [3.63, 3.8) is 0 Å². The van der Waals surface area contributed by atoms with Gasteiger partial charge in [-0.05, 0) is 36.8 Å². The number of H-pyrrole nitrogens is 1. The van der Waals surface area contributed by atoms with Crippen LogP contribution in [0, 0.1) is 18.3 Å². The number of nitriles is 1. The third kappa shape index (κ3) is 3.58. The number of nitrogens with one attached hydrogen (secondary N) is 1. The van der Waals surface area contributed by atoms with E-state index < -0.39 is 0 Å². The number of thioether (sulfide) groups is 1. The van der Waals surface area contributed by atoms with Crippen LogP contribution in [0.1, 0.15) is 5.56 Å². The molecule has 2 aromatic carbocycles. The van der Waals surface area contributed by atoms with E-state index in [9.17, 15) is 4.79 Å². The lowest BCUT2D eigenvalue weighted by molar-refractivity contribution is -0.116. The maximum atomic E-state index is 12.5. The van der Waals surface area contributed by atoms with Gasteiger partial charge in [-0.2, -0.15) is 5.26 Å². The van der Waals surface area contributed by atoms with E-state index >= 15 is 0 Å². The van der Waals surface area contributed by atoms with E-state index in [0.29, 0.717) is 5.16 Å². The molecule has 0 fully saturated rings. The summed E-state index contributed by atoms with van der Waals surface area (Å²) in [4.78, 5) is 21.7. The van der Waals surface area contributed by atoms with Crippen molar-refractivity contribution in [3.05, 3.63) is 54.1 Å². The summed E-state index contributed by atoms with van der Waals surface area (Å²) in [6.07, 6.45) is 0. The quantitative estimate of drug-likeness (QED) is 0.571. The van der Waals surface area contributed by atoms with Crippen LogP contribution in [0.2, 0.25) is 0 Å². The van der Waals surface area contributed by atoms with Gasteiger partial charge in [0.2, 0.25) is 5.91 Å². The summed E-state index contributed by atoms with van der Waals surface area (Å²) in [7, 11) is 0. The van der Waals surface area contributed by atoms with Crippen LogP contribution in [0.15, 0.2) is 53.7 Å². The van der Waals surface area contributed by atoms with Gasteiger partial charge in [-0.1, -0.05) is 36.0 Å². The van der Waals surface area contributed by atoms with Crippen LogP contribution >= 0.6 is 11.8 Å². The summed E-state index contributed by atoms with van der Waals surface area (Å²) in [6.45, 7) is 2.05. The third-order valence-corrected chi connectivity index (χ3v) is 4.40. The Morgan fingerprint density at radius 2 is 2.08 bits per heavy atom. The van der Waals surface area contributed by atoms with Crippen LogP contribution in [0.3, 0.4) is 0 Å². The van der Waals surface area contributed by atoms with Gasteiger partial charge in [-0.25, -0.2) is 4.98 Å². The van der Waals surface area contributed by atoms with Gasteiger partial charge in [0.15, 0.2) is 5.16 Å². The van der Waals surface area contributed by atoms with Crippen LogP contribution in [-0.2, 0) is 4.79 Å². The van der Waals surface area contributed by atoms with E-state index in [-0.39, 0.29) is 18.2 Å². The van der Waals surface area contributed by atoms with Crippen LogP contribution in [-0.4, -0.2) is 28.2 Å². The summed E-state index contributed by atoms with van der Waals surface area (Å²) < 4.78 is 0. The molecule has 5 nitrogen and oxygen atoms in total. The molecule has 1 heterocycles. The Bertz CT molecular complexity index is 898. The lowest BCUT2D eigenvalue weighted by atomic mass is 10.2. The largest absolute Gasteiger partial charge is 0.333 e. The number of aryl methyl sites for hydroxylation is 1. The molecule has 0 bridgehead atoms. The molecule has 0 saturated heterocycles. The summed E-state index contributed by atoms with van der Waals surface area (Å²) in [6, 6.07) is 17.3. The highest BCUT2D eigenvalue weighted by Crippen LogP contribution is 2.22. The highest BCUT2D eigenvalue weighted by molar-refractivity contribution is 7.99. The predicted octanol–water partition coefficient (Wildman–Crippen LogP) is 3.52. The molecule has 0 spiro atoms. The zero-order valence-electron chi connectivity index (χ0n) is 13.2. The van der Waals surface area contributed by atoms with E-state index in [0.717, 1.165) is 22.3 Å². The molecule has 0 unspecified atom stereocenters. The first kappa shape index (κ1) is 16.1. The second-order valence-corrected chi connectivity index (χ2v) is 6.29. The number of imidazole rings is 1. The fourth-order valence-electron chi connectivity index (χ4n) is 2.38. The number of carbonyl (C=O) groups is 1. The molecule has 3 rings (SSSR count). The first-order valence-corrected chi connectivity index (χ1v) is 8.47. The van der Waals surface area contributed by atoms with Crippen molar-refractivity contribution in [1.29, 1.82) is 5.26 Å². The molecule has 120 valence electrons. The standard InChI is InChI=1S/C18H16N4OS/c1-13-7-8-15-16(11-13)21-18(20-15)24-12-17(23)22(10-9-19)14-5-3-2-4-6-14/h2-8,11H,10,12H2,1H3,(H,20,21). The lowest BCUT2D eigenvalue weighted by Crippen LogP contribution is -2.32. The molecule has 0 radical (unpaired) electrons.